The number of hydrogen-bond donors (Lipinski definition) is 2. The number of nitrogens with one attached hydrogen (secondary N) is 2. The number of ether oxygens (including phenoxy) is 1. The fourth-order valence-corrected chi connectivity index (χ4v) is 3.77. The average molecular weight is 482 g/mol. The third kappa shape index (κ3) is 7.75. The number of benzene rings is 1. The van der Waals surface area contributed by atoms with Crippen LogP contribution >= 0.6 is 11.3 Å². The summed E-state index contributed by atoms with van der Waals surface area (Å²) in [6.07, 6.45) is 3.46. The summed E-state index contributed by atoms with van der Waals surface area (Å²) in [4.78, 5) is 47.4. The maximum atomic E-state index is 12.9. The van der Waals surface area contributed by atoms with Crippen LogP contribution in [0.4, 0.5) is 5.13 Å². The molecule has 0 bridgehead atoms. The lowest BCUT2D eigenvalue weighted by Gasteiger charge is -2.21. The Morgan fingerprint density at radius 1 is 1.12 bits per heavy atom. The number of amides is 3. The summed E-state index contributed by atoms with van der Waals surface area (Å²) < 4.78 is 5.09. The van der Waals surface area contributed by atoms with E-state index in [1.54, 1.807) is 37.0 Å². The molecular weight excluding hydrogens is 454 g/mol. The molecule has 34 heavy (non-hydrogen) atoms. The fraction of sp³-hybridized carbons (Fsp3) is 0.292. The van der Waals surface area contributed by atoms with E-state index >= 15 is 0 Å². The monoisotopic (exact) mass is 481 g/mol. The first-order valence-electron chi connectivity index (χ1n) is 10.7. The number of thiazole rings is 1. The molecule has 2 heterocycles. The fourth-order valence-electron chi connectivity index (χ4n) is 3.04. The molecule has 0 aliphatic heterocycles. The van der Waals surface area contributed by atoms with Crippen LogP contribution in [0.2, 0.25) is 0 Å². The van der Waals surface area contributed by atoms with E-state index in [0.29, 0.717) is 29.5 Å². The maximum absolute atomic E-state index is 12.9. The first-order chi connectivity index (χ1) is 16.4. The molecule has 3 amide bonds. The van der Waals surface area contributed by atoms with Crippen LogP contribution in [0.3, 0.4) is 0 Å². The van der Waals surface area contributed by atoms with Gasteiger partial charge in [-0.1, -0.05) is 23.8 Å². The molecule has 0 spiro atoms. The summed E-state index contributed by atoms with van der Waals surface area (Å²) in [6.45, 7) is 2.76. The Hall–Kier alpha value is -3.63. The molecule has 0 aliphatic carbocycles. The number of nitrogens with zero attached hydrogens (tertiary/aromatic N) is 3. The maximum Gasteiger partial charge on any atom is 0.254 e. The summed E-state index contributed by atoms with van der Waals surface area (Å²) in [5.74, 6) is -0.808. The second-order valence-corrected chi connectivity index (χ2v) is 8.45. The number of carbonyl (C=O) groups excluding carboxylic acids is 3. The zero-order valence-corrected chi connectivity index (χ0v) is 19.9. The van der Waals surface area contributed by atoms with Gasteiger partial charge in [-0.3, -0.25) is 19.4 Å². The normalized spacial score (nSPS) is 10.5. The predicted octanol–water partition coefficient (Wildman–Crippen LogP) is 2.43. The zero-order chi connectivity index (χ0) is 24.3. The van der Waals surface area contributed by atoms with E-state index in [4.69, 9.17) is 4.74 Å². The summed E-state index contributed by atoms with van der Waals surface area (Å²) in [5, 5.41) is 7.62. The molecule has 2 aromatic heterocycles. The highest BCUT2D eigenvalue weighted by Crippen LogP contribution is 2.16. The molecule has 9 nitrogen and oxygen atoms in total. The number of aromatic nitrogens is 2. The molecule has 0 atom stereocenters. The summed E-state index contributed by atoms with van der Waals surface area (Å²) in [6, 6.07) is 10.9. The van der Waals surface area contributed by atoms with Crippen LogP contribution in [0, 0.1) is 6.92 Å². The van der Waals surface area contributed by atoms with Crippen molar-refractivity contribution < 1.29 is 19.1 Å². The van der Waals surface area contributed by atoms with E-state index in [9.17, 15) is 14.4 Å². The molecular formula is C24H27N5O4S. The molecule has 178 valence electrons. The molecule has 0 saturated heterocycles. The molecule has 0 unspecified atom stereocenters. The molecule has 2 N–H and O–H groups in total. The summed E-state index contributed by atoms with van der Waals surface area (Å²) >= 11 is 1.22. The number of hydrogen-bond acceptors (Lipinski definition) is 7. The van der Waals surface area contributed by atoms with Crippen molar-refractivity contribution in [3.8, 4) is 0 Å². The molecule has 0 radical (unpaired) electrons. The number of rotatable bonds is 11. The van der Waals surface area contributed by atoms with Crippen LogP contribution in [0.15, 0.2) is 54.2 Å². The minimum atomic E-state index is -0.376. The molecule has 1 aromatic carbocycles. The number of methoxy groups -OCH3 is 1. The van der Waals surface area contributed by atoms with Crippen LogP contribution in [0.25, 0.3) is 0 Å². The SMILES string of the molecule is COCCN(CC(=O)Nc1nc(CC(=O)NCc2cccnc2)cs1)C(=O)c1ccc(C)cc1. The second kappa shape index (κ2) is 12.6. The Labute approximate surface area is 202 Å². The van der Waals surface area contributed by atoms with Crippen molar-refractivity contribution in [1.82, 2.24) is 20.2 Å². The van der Waals surface area contributed by atoms with E-state index < -0.39 is 0 Å². The standard InChI is InChI=1S/C24H27N5O4S/c1-17-5-7-19(8-6-17)23(32)29(10-11-33-2)15-22(31)28-24-27-20(16-34-24)12-21(30)26-14-18-4-3-9-25-13-18/h3-9,13,16H,10-12,14-15H2,1-2H3,(H,26,30)(H,27,28,31). The van der Waals surface area contributed by atoms with Crippen LogP contribution in [-0.4, -0.2) is 59.4 Å². The first-order valence-corrected chi connectivity index (χ1v) is 11.6. The lowest BCUT2D eigenvalue weighted by atomic mass is 10.1. The van der Waals surface area contributed by atoms with Gasteiger partial charge < -0.3 is 20.3 Å². The van der Waals surface area contributed by atoms with E-state index in [1.165, 1.54) is 16.2 Å². The Kier molecular flexibility index (Phi) is 9.24. The van der Waals surface area contributed by atoms with Crippen LogP contribution < -0.4 is 10.6 Å². The van der Waals surface area contributed by atoms with Gasteiger partial charge in [-0.15, -0.1) is 11.3 Å². The van der Waals surface area contributed by atoms with Gasteiger partial charge in [0.2, 0.25) is 11.8 Å². The van der Waals surface area contributed by atoms with Gasteiger partial charge in [0.1, 0.15) is 6.54 Å². The van der Waals surface area contributed by atoms with Crippen molar-refractivity contribution >= 4 is 34.2 Å². The van der Waals surface area contributed by atoms with Crippen molar-refractivity contribution in [1.29, 1.82) is 0 Å². The summed E-state index contributed by atoms with van der Waals surface area (Å²) in [7, 11) is 1.54. The number of carbonyl (C=O) groups is 3. The second-order valence-electron chi connectivity index (χ2n) is 7.59. The number of pyridine rings is 1. The Morgan fingerprint density at radius 3 is 2.62 bits per heavy atom. The molecule has 0 aliphatic rings. The van der Waals surface area contributed by atoms with Gasteiger partial charge in [0.25, 0.3) is 5.91 Å². The topological polar surface area (TPSA) is 114 Å². The molecule has 0 saturated carbocycles. The quantitative estimate of drug-likeness (QED) is 0.435. The third-order valence-electron chi connectivity index (χ3n) is 4.84. The van der Waals surface area contributed by atoms with Gasteiger partial charge in [0.05, 0.1) is 18.7 Å². The average Bonchev–Trinajstić information content (AvgIpc) is 3.27. The lowest BCUT2D eigenvalue weighted by molar-refractivity contribution is -0.120. The predicted molar refractivity (Wildman–Crippen MR) is 129 cm³/mol. The van der Waals surface area contributed by atoms with Gasteiger partial charge in [-0.25, -0.2) is 4.98 Å². The molecule has 10 heteroatoms. The third-order valence-corrected chi connectivity index (χ3v) is 5.64. The Balaban J connectivity index is 1.53. The van der Waals surface area contributed by atoms with Crippen molar-refractivity contribution in [2.24, 2.45) is 0 Å². The minimum absolute atomic E-state index is 0.0957. The van der Waals surface area contributed by atoms with Gasteiger partial charge in [-0.05, 0) is 30.7 Å². The summed E-state index contributed by atoms with van der Waals surface area (Å²) in [5.41, 5.74) is 3.00. The highest BCUT2D eigenvalue weighted by atomic mass is 32.1. The highest BCUT2D eigenvalue weighted by Gasteiger charge is 2.19. The first kappa shape index (κ1) is 25.0. The van der Waals surface area contributed by atoms with E-state index in [2.05, 4.69) is 20.6 Å². The van der Waals surface area contributed by atoms with Crippen LogP contribution in [-0.2, 0) is 27.3 Å². The van der Waals surface area contributed by atoms with Gasteiger partial charge in [0.15, 0.2) is 5.13 Å². The van der Waals surface area contributed by atoms with E-state index in [0.717, 1.165) is 11.1 Å². The van der Waals surface area contributed by atoms with Crippen molar-refractivity contribution in [2.75, 3.05) is 32.1 Å². The molecule has 3 aromatic rings. The van der Waals surface area contributed by atoms with Gasteiger partial charge >= 0.3 is 0 Å². The van der Waals surface area contributed by atoms with E-state index in [-0.39, 0.29) is 37.2 Å². The molecule has 0 fully saturated rings. The van der Waals surface area contributed by atoms with Crippen molar-refractivity contribution in [2.45, 2.75) is 19.9 Å². The van der Waals surface area contributed by atoms with Crippen LogP contribution in [0.1, 0.15) is 27.2 Å². The highest BCUT2D eigenvalue weighted by molar-refractivity contribution is 7.13. The number of anilines is 1. The molecule has 3 rings (SSSR count). The Morgan fingerprint density at radius 2 is 1.91 bits per heavy atom. The number of aryl methyl sites for hydroxylation is 1. The van der Waals surface area contributed by atoms with Crippen molar-refractivity contribution in [3.63, 3.8) is 0 Å². The van der Waals surface area contributed by atoms with Gasteiger partial charge in [0, 0.05) is 43.5 Å². The van der Waals surface area contributed by atoms with E-state index in [1.807, 2.05) is 31.2 Å². The minimum Gasteiger partial charge on any atom is -0.383 e. The lowest BCUT2D eigenvalue weighted by Crippen LogP contribution is -2.40. The zero-order valence-electron chi connectivity index (χ0n) is 19.1. The van der Waals surface area contributed by atoms with Gasteiger partial charge in [-0.2, -0.15) is 0 Å². The van der Waals surface area contributed by atoms with Crippen molar-refractivity contribution in [3.05, 3.63) is 76.6 Å². The smallest absolute Gasteiger partial charge is 0.254 e. The van der Waals surface area contributed by atoms with Crippen LogP contribution in [0.5, 0.6) is 0 Å². The largest absolute Gasteiger partial charge is 0.383 e. The Bertz CT molecular complexity index is 1100.